The van der Waals surface area contributed by atoms with E-state index in [1.54, 1.807) is 56.7 Å². The Morgan fingerprint density at radius 3 is 1.86 bits per heavy atom. The van der Waals surface area contributed by atoms with Gasteiger partial charge in [-0.25, -0.2) is 8.42 Å². The maximum absolute atomic E-state index is 14.2. The van der Waals surface area contributed by atoms with Gasteiger partial charge in [-0.2, -0.15) is 4.31 Å². The largest absolute Gasteiger partial charge is 0.493 e. The third kappa shape index (κ3) is 9.61. The molecule has 0 aliphatic heterocycles. The highest BCUT2D eigenvalue weighted by Gasteiger charge is 2.36. The highest BCUT2D eigenvalue weighted by Crippen LogP contribution is 2.34. The zero-order valence-electron chi connectivity index (χ0n) is 28.6. The average molecular weight is 746 g/mol. The first-order valence-electron chi connectivity index (χ1n) is 15.8. The highest BCUT2D eigenvalue weighted by atomic mass is 35.5. The number of ether oxygens (including phenoxy) is 4. The van der Waals surface area contributed by atoms with E-state index in [2.05, 4.69) is 5.32 Å². The van der Waals surface area contributed by atoms with Crippen molar-refractivity contribution in [1.82, 2.24) is 9.62 Å². The molecule has 0 heterocycles. The molecule has 0 aliphatic carbocycles. The van der Waals surface area contributed by atoms with Gasteiger partial charge in [-0.3, -0.25) is 4.79 Å². The quantitative estimate of drug-likeness (QED) is 0.113. The number of aryl methyl sites for hydroxylation is 1. The Balaban J connectivity index is 1.70. The van der Waals surface area contributed by atoms with Gasteiger partial charge in [0, 0.05) is 29.2 Å². The molecule has 0 fully saturated rings. The molecule has 4 aromatic carbocycles. The second-order valence-electron chi connectivity index (χ2n) is 11.6. The summed E-state index contributed by atoms with van der Waals surface area (Å²) in [7, 11) is 2.01. The van der Waals surface area contributed by atoms with Crippen molar-refractivity contribution in [3.63, 3.8) is 0 Å². The normalized spacial score (nSPS) is 12.7. The molecule has 2 N–H and O–H groups in total. The Bertz CT molecular complexity index is 1870. The van der Waals surface area contributed by atoms with Crippen molar-refractivity contribution >= 4 is 39.2 Å². The number of hydrogen-bond acceptors (Lipinski definition) is 8. The maximum atomic E-state index is 14.2. The highest BCUT2D eigenvalue weighted by molar-refractivity contribution is 7.89. The lowest BCUT2D eigenvalue weighted by atomic mass is 9.92. The number of carboxylic acids is 1. The number of nitrogens with one attached hydrogen (secondary N) is 1. The molecule has 0 saturated carbocycles. The molecule has 10 nitrogen and oxygen atoms in total. The molecule has 0 spiro atoms. The standard InChI is InChI=1S/C37H42Cl2N2O8S/c1-24-6-11-28(12-7-24)50(44,45)41(19-17-26-9-15-33(47-3)35(21-26)49-5)23-30(37(42)43)36(29-13-10-27(38)22-31(29)39)40-18-16-25-8-14-32(46-2)34(20-25)48-4/h6-15,20-22,30,36,40H,16-19,23H2,1-5H3,(H,42,43). The topological polar surface area (TPSA) is 124 Å². The van der Waals surface area contributed by atoms with Gasteiger partial charge in [-0.15, -0.1) is 0 Å². The molecule has 2 atom stereocenters. The summed E-state index contributed by atoms with van der Waals surface area (Å²) in [6, 6.07) is 21.3. The first kappa shape index (κ1) is 38.8. The lowest BCUT2D eigenvalue weighted by Gasteiger charge is -2.31. The Kier molecular flexibility index (Phi) is 13.8. The fourth-order valence-electron chi connectivity index (χ4n) is 5.64. The molecule has 0 radical (unpaired) electrons. The van der Waals surface area contributed by atoms with Crippen molar-refractivity contribution in [3.05, 3.63) is 111 Å². The number of nitrogens with zero attached hydrogens (tertiary/aromatic N) is 1. The van der Waals surface area contributed by atoms with Gasteiger partial charge in [0.15, 0.2) is 23.0 Å². The number of benzene rings is 4. The van der Waals surface area contributed by atoms with Crippen molar-refractivity contribution < 1.29 is 37.3 Å². The van der Waals surface area contributed by atoms with E-state index in [0.29, 0.717) is 46.5 Å². The molecule has 0 bridgehead atoms. The molecular formula is C37H42Cl2N2O8S. The van der Waals surface area contributed by atoms with Gasteiger partial charge in [0.2, 0.25) is 10.0 Å². The third-order valence-corrected chi connectivity index (χ3v) is 10.8. The Labute approximate surface area is 303 Å². The van der Waals surface area contributed by atoms with E-state index < -0.39 is 28.0 Å². The second-order valence-corrected chi connectivity index (χ2v) is 14.4. The number of hydrogen-bond donors (Lipinski definition) is 2. The molecule has 4 rings (SSSR count). The van der Waals surface area contributed by atoms with Crippen LogP contribution in [0.25, 0.3) is 0 Å². The lowest BCUT2D eigenvalue weighted by Crippen LogP contribution is -2.44. The summed E-state index contributed by atoms with van der Waals surface area (Å²) in [4.78, 5) is 13.2. The number of carboxylic acid groups (broad SMARTS) is 1. The summed E-state index contributed by atoms with van der Waals surface area (Å²) in [6.07, 6.45) is 0.774. The van der Waals surface area contributed by atoms with E-state index in [9.17, 15) is 18.3 Å². The minimum absolute atomic E-state index is 0.0117. The summed E-state index contributed by atoms with van der Waals surface area (Å²) >= 11 is 12.9. The number of aliphatic carboxylic acids is 1. The van der Waals surface area contributed by atoms with Crippen molar-refractivity contribution in [3.8, 4) is 23.0 Å². The Hall–Kier alpha value is -4.00. The molecule has 0 aliphatic rings. The first-order valence-corrected chi connectivity index (χ1v) is 18.0. The van der Waals surface area contributed by atoms with Gasteiger partial charge in [0.05, 0.1) is 39.3 Å². The molecule has 2 unspecified atom stereocenters. The molecule has 268 valence electrons. The number of halogens is 2. The Morgan fingerprint density at radius 2 is 1.34 bits per heavy atom. The van der Waals surface area contributed by atoms with Gasteiger partial charge in [-0.1, -0.05) is 59.1 Å². The van der Waals surface area contributed by atoms with Crippen molar-refractivity contribution in [2.24, 2.45) is 5.92 Å². The van der Waals surface area contributed by atoms with Crippen LogP contribution in [-0.2, 0) is 27.7 Å². The fourth-order valence-corrected chi connectivity index (χ4v) is 7.63. The second kappa shape index (κ2) is 17.8. The SMILES string of the molecule is COc1ccc(CCNC(c2ccc(Cl)cc2Cl)C(CN(CCc2ccc(OC)c(OC)c2)S(=O)(=O)c2ccc(C)cc2)C(=O)O)cc1OC. The van der Waals surface area contributed by atoms with Crippen LogP contribution in [0.1, 0.15) is 28.3 Å². The molecule has 4 aromatic rings. The zero-order valence-corrected chi connectivity index (χ0v) is 30.9. The number of rotatable bonds is 18. The fraction of sp³-hybridized carbons (Fsp3) is 0.324. The number of sulfonamides is 1. The first-order chi connectivity index (χ1) is 23.9. The third-order valence-electron chi connectivity index (χ3n) is 8.40. The summed E-state index contributed by atoms with van der Waals surface area (Å²) in [5.41, 5.74) is 3.06. The average Bonchev–Trinajstić information content (AvgIpc) is 3.10. The van der Waals surface area contributed by atoms with E-state index in [1.165, 1.54) is 36.7 Å². The van der Waals surface area contributed by atoms with Crippen LogP contribution in [0, 0.1) is 12.8 Å². The molecular weight excluding hydrogens is 703 g/mol. The molecule has 13 heteroatoms. The van der Waals surface area contributed by atoms with Crippen molar-refractivity contribution in [2.45, 2.75) is 30.7 Å². The monoisotopic (exact) mass is 744 g/mol. The van der Waals surface area contributed by atoms with Crippen LogP contribution >= 0.6 is 23.2 Å². The van der Waals surface area contributed by atoms with Crippen LogP contribution in [0.4, 0.5) is 0 Å². The van der Waals surface area contributed by atoms with Gasteiger partial charge < -0.3 is 29.4 Å². The van der Waals surface area contributed by atoms with E-state index in [1.807, 2.05) is 25.1 Å². The van der Waals surface area contributed by atoms with Crippen LogP contribution in [-0.4, -0.2) is 71.9 Å². The minimum Gasteiger partial charge on any atom is -0.493 e. The van der Waals surface area contributed by atoms with Crippen LogP contribution in [0.15, 0.2) is 83.8 Å². The number of methoxy groups -OCH3 is 4. The van der Waals surface area contributed by atoms with E-state index >= 15 is 0 Å². The maximum Gasteiger partial charge on any atom is 0.309 e. The lowest BCUT2D eigenvalue weighted by molar-refractivity contribution is -0.143. The predicted molar refractivity (Wildman–Crippen MR) is 195 cm³/mol. The molecule has 0 aromatic heterocycles. The van der Waals surface area contributed by atoms with E-state index in [0.717, 1.165) is 16.7 Å². The predicted octanol–water partition coefficient (Wildman–Crippen LogP) is 6.84. The smallest absolute Gasteiger partial charge is 0.309 e. The van der Waals surface area contributed by atoms with Gasteiger partial charge in [0.25, 0.3) is 0 Å². The van der Waals surface area contributed by atoms with E-state index in [4.69, 9.17) is 42.1 Å². The molecule has 0 amide bonds. The van der Waals surface area contributed by atoms with E-state index in [-0.39, 0.29) is 29.4 Å². The number of carbonyl (C=O) groups is 1. The minimum atomic E-state index is -4.15. The molecule has 0 saturated heterocycles. The van der Waals surface area contributed by atoms with Gasteiger partial charge >= 0.3 is 5.97 Å². The summed E-state index contributed by atoms with van der Waals surface area (Å²) < 4.78 is 51.3. The Morgan fingerprint density at radius 1 is 0.780 bits per heavy atom. The summed E-state index contributed by atoms with van der Waals surface area (Å²) in [5.74, 6) is -0.272. The molecule has 50 heavy (non-hydrogen) atoms. The summed E-state index contributed by atoms with van der Waals surface area (Å²) in [5, 5.41) is 14.7. The van der Waals surface area contributed by atoms with Gasteiger partial charge in [-0.05, 0) is 91.5 Å². The van der Waals surface area contributed by atoms with Gasteiger partial charge in [0.1, 0.15) is 0 Å². The van der Waals surface area contributed by atoms with Crippen LogP contribution in [0.3, 0.4) is 0 Å². The van der Waals surface area contributed by atoms with Crippen molar-refractivity contribution in [2.75, 3.05) is 48.1 Å². The van der Waals surface area contributed by atoms with Crippen molar-refractivity contribution in [1.29, 1.82) is 0 Å². The summed E-state index contributed by atoms with van der Waals surface area (Å²) in [6.45, 7) is 1.83. The zero-order chi connectivity index (χ0) is 36.4. The van der Waals surface area contributed by atoms with Crippen LogP contribution in [0.5, 0.6) is 23.0 Å². The van der Waals surface area contributed by atoms with Crippen LogP contribution in [0.2, 0.25) is 10.0 Å². The van der Waals surface area contributed by atoms with Crippen LogP contribution < -0.4 is 24.3 Å².